The Morgan fingerprint density at radius 1 is 1.29 bits per heavy atom. The molecule has 2 heteroatoms. The van der Waals surface area contributed by atoms with Gasteiger partial charge in [0.1, 0.15) is 0 Å². The average Bonchev–Trinajstić information content (AvgIpc) is 2.59. The van der Waals surface area contributed by atoms with Gasteiger partial charge in [-0.3, -0.25) is 0 Å². The Morgan fingerprint density at radius 3 is 2.24 bits per heavy atom. The zero-order valence-electron chi connectivity index (χ0n) is 12.0. The van der Waals surface area contributed by atoms with Crippen molar-refractivity contribution >= 4 is 0 Å². The fourth-order valence-corrected chi connectivity index (χ4v) is 4.69. The monoisotopic (exact) mass is 240 g/mol. The van der Waals surface area contributed by atoms with Gasteiger partial charge in [0.15, 0.2) is 0 Å². The van der Waals surface area contributed by atoms with Crippen LogP contribution in [0.5, 0.6) is 0 Å². The van der Waals surface area contributed by atoms with Gasteiger partial charge >= 0.3 is 0 Å². The first kappa shape index (κ1) is 13.4. The zero-order valence-corrected chi connectivity index (χ0v) is 12.0. The van der Waals surface area contributed by atoms with Gasteiger partial charge in [0.2, 0.25) is 0 Å². The molecule has 2 N–H and O–H groups in total. The van der Waals surface area contributed by atoms with Crippen molar-refractivity contribution in [2.45, 2.75) is 72.0 Å². The predicted octanol–water partition coefficient (Wildman–Crippen LogP) is 2.97. The Morgan fingerprint density at radius 2 is 1.88 bits per heavy atom. The number of hydrogen-bond donors (Lipinski definition) is 2. The first-order valence-electron chi connectivity index (χ1n) is 7.11. The van der Waals surface area contributed by atoms with Crippen LogP contribution in [0.2, 0.25) is 0 Å². The third-order valence-corrected chi connectivity index (χ3v) is 6.70. The molecule has 0 spiro atoms. The molecule has 5 atom stereocenters. The van der Waals surface area contributed by atoms with E-state index in [4.69, 9.17) is 0 Å². The Labute approximate surface area is 105 Å². The van der Waals surface area contributed by atoms with Crippen LogP contribution in [0.25, 0.3) is 0 Å². The summed E-state index contributed by atoms with van der Waals surface area (Å²) in [6.07, 6.45) is 3.55. The van der Waals surface area contributed by atoms with Gasteiger partial charge in [-0.25, -0.2) is 0 Å². The Balaban J connectivity index is 2.35. The highest BCUT2D eigenvalue weighted by Gasteiger charge is 2.70. The number of hydrogen-bond acceptors (Lipinski definition) is 2. The summed E-state index contributed by atoms with van der Waals surface area (Å²) in [5.41, 5.74) is -0.529. The van der Waals surface area contributed by atoms with Crippen LogP contribution >= 0.6 is 0 Å². The lowest BCUT2D eigenvalue weighted by molar-refractivity contribution is -0.152. The third-order valence-electron chi connectivity index (χ3n) is 6.70. The van der Waals surface area contributed by atoms with Crippen molar-refractivity contribution in [2.24, 2.45) is 22.7 Å². The molecule has 0 heterocycles. The highest BCUT2D eigenvalue weighted by Crippen LogP contribution is 2.71. The van der Waals surface area contributed by atoms with Gasteiger partial charge in [-0.1, -0.05) is 34.6 Å². The maximum atomic E-state index is 11.2. The molecule has 0 amide bonds. The SMILES string of the molecule is CCC(O)C(C)C1(O)CC2CCC1(C)C2(C)C. The van der Waals surface area contributed by atoms with E-state index in [0.717, 1.165) is 19.3 Å². The fraction of sp³-hybridized carbons (Fsp3) is 1.00. The molecule has 2 aliphatic carbocycles. The summed E-state index contributed by atoms with van der Waals surface area (Å²) in [6.45, 7) is 10.8. The average molecular weight is 240 g/mol. The molecule has 2 saturated carbocycles. The lowest BCUT2D eigenvalue weighted by Gasteiger charge is -2.49. The van der Waals surface area contributed by atoms with Crippen LogP contribution in [0, 0.1) is 22.7 Å². The molecule has 17 heavy (non-hydrogen) atoms. The summed E-state index contributed by atoms with van der Waals surface area (Å²) < 4.78 is 0. The highest BCUT2D eigenvalue weighted by atomic mass is 16.3. The highest BCUT2D eigenvalue weighted by molar-refractivity contribution is 5.19. The van der Waals surface area contributed by atoms with Crippen molar-refractivity contribution in [2.75, 3.05) is 0 Å². The number of aliphatic hydroxyl groups excluding tert-OH is 1. The van der Waals surface area contributed by atoms with Gasteiger partial charge in [-0.05, 0) is 37.0 Å². The summed E-state index contributed by atoms with van der Waals surface area (Å²) >= 11 is 0. The standard InChI is InChI=1S/C15H28O2/c1-6-12(16)10(2)15(17)9-11-7-8-14(15,5)13(11,3)4/h10-12,16-17H,6-9H2,1-5H3. The largest absolute Gasteiger partial charge is 0.393 e. The molecule has 0 saturated heterocycles. The molecule has 100 valence electrons. The van der Waals surface area contributed by atoms with Crippen LogP contribution in [-0.4, -0.2) is 21.9 Å². The molecule has 0 aliphatic heterocycles. The smallest absolute Gasteiger partial charge is 0.0759 e. The quantitative estimate of drug-likeness (QED) is 0.796. The molecule has 0 aromatic heterocycles. The minimum Gasteiger partial charge on any atom is -0.393 e. The third kappa shape index (κ3) is 1.40. The lowest BCUT2D eigenvalue weighted by atomic mass is 9.60. The fourth-order valence-electron chi connectivity index (χ4n) is 4.69. The molecule has 2 rings (SSSR count). The first-order chi connectivity index (χ1) is 7.70. The van der Waals surface area contributed by atoms with Crippen molar-refractivity contribution in [1.29, 1.82) is 0 Å². The predicted molar refractivity (Wildman–Crippen MR) is 69.6 cm³/mol. The van der Waals surface area contributed by atoms with Gasteiger partial charge in [-0.2, -0.15) is 0 Å². The van der Waals surface area contributed by atoms with Crippen LogP contribution in [0.1, 0.15) is 60.3 Å². The second-order valence-electron chi connectivity index (χ2n) is 7.18. The molecule has 2 aliphatic rings. The van der Waals surface area contributed by atoms with Gasteiger partial charge < -0.3 is 10.2 Å². The summed E-state index contributed by atoms with van der Waals surface area (Å²) in [7, 11) is 0. The van der Waals surface area contributed by atoms with Crippen molar-refractivity contribution < 1.29 is 10.2 Å². The lowest BCUT2D eigenvalue weighted by Crippen LogP contribution is -2.54. The van der Waals surface area contributed by atoms with Crippen molar-refractivity contribution in [1.82, 2.24) is 0 Å². The van der Waals surface area contributed by atoms with E-state index < -0.39 is 5.60 Å². The van der Waals surface area contributed by atoms with E-state index >= 15 is 0 Å². The van der Waals surface area contributed by atoms with Crippen LogP contribution in [-0.2, 0) is 0 Å². The summed E-state index contributed by atoms with van der Waals surface area (Å²) in [6, 6.07) is 0. The van der Waals surface area contributed by atoms with Gasteiger partial charge in [0.05, 0.1) is 11.7 Å². The molecule has 0 aromatic rings. The normalized spacial score (nSPS) is 47.1. The molecule has 2 nitrogen and oxygen atoms in total. The molecule has 2 bridgehead atoms. The molecular formula is C15H28O2. The van der Waals surface area contributed by atoms with E-state index in [2.05, 4.69) is 20.8 Å². The van der Waals surface area contributed by atoms with E-state index in [-0.39, 0.29) is 22.9 Å². The van der Waals surface area contributed by atoms with E-state index in [1.807, 2.05) is 13.8 Å². The van der Waals surface area contributed by atoms with Crippen LogP contribution in [0.4, 0.5) is 0 Å². The minimum absolute atomic E-state index is 0.0259. The van der Waals surface area contributed by atoms with E-state index in [1.165, 1.54) is 6.42 Å². The molecule has 5 unspecified atom stereocenters. The second-order valence-corrected chi connectivity index (χ2v) is 7.18. The zero-order chi connectivity index (χ0) is 13.1. The summed E-state index contributed by atoms with van der Waals surface area (Å²) in [4.78, 5) is 0. The molecule has 0 aromatic carbocycles. The summed E-state index contributed by atoms with van der Waals surface area (Å²) in [5.74, 6) is 0.589. The maximum Gasteiger partial charge on any atom is 0.0759 e. The first-order valence-corrected chi connectivity index (χ1v) is 7.11. The Bertz CT molecular complexity index is 312. The topological polar surface area (TPSA) is 40.5 Å². The van der Waals surface area contributed by atoms with Crippen molar-refractivity contribution in [3.63, 3.8) is 0 Å². The Hall–Kier alpha value is -0.0800. The van der Waals surface area contributed by atoms with Crippen LogP contribution in [0.3, 0.4) is 0 Å². The summed E-state index contributed by atoms with van der Waals surface area (Å²) in [5, 5.41) is 21.3. The van der Waals surface area contributed by atoms with E-state index in [0.29, 0.717) is 5.92 Å². The van der Waals surface area contributed by atoms with Crippen molar-refractivity contribution in [3.05, 3.63) is 0 Å². The van der Waals surface area contributed by atoms with Gasteiger partial charge in [-0.15, -0.1) is 0 Å². The Kier molecular flexibility index (Phi) is 2.91. The minimum atomic E-state index is -0.686. The molecule has 0 radical (unpaired) electrons. The molecular weight excluding hydrogens is 212 g/mol. The maximum absolute atomic E-state index is 11.2. The second kappa shape index (κ2) is 3.71. The van der Waals surface area contributed by atoms with Crippen molar-refractivity contribution in [3.8, 4) is 0 Å². The molecule has 2 fully saturated rings. The number of aliphatic hydroxyl groups is 2. The van der Waals surface area contributed by atoms with Gasteiger partial charge in [0.25, 0.3) is 0 Å². The van der Waals surface area contributed by atoms with Crippen LogP contribution in [0.15, 0.2) is 0 Å². The van der Waals surface area contributed by atoms with E-state index in [1.54, 1.807) is 0 Å². The number of fused-ring (bicyclic) bond motifs is 2. The number of rotatable bonds is 3. The van der Waals surface area contributed by atoms with Crippen LogP contribution < -0.4 is 0 Å². The van der Waals surface area contributed by atoms with E-state index in [9.17, 15) is 10.2 Å². The van der Waals surface area contributed by atoms with Gasteiger partial charge in [0, 0.05) is 11.3 Å².